The summed E-state index contributed by atoms with van der Waals surface area (Å²) in [6.07, 6.45) is 5.99. The molecule has 12 heteroatoms. The molecule has 2 aliphatic heterocycles. The number of fused-ring (bicyclic) bond motifs is 2. The van der Waals surface area contributed by atoms with Crippen LogP contribution in [0.5, 0.6) is 0 Å². The van der Waals surface area contributed by atoms with Crippen LogP contribution < -0.4 is 9.62 Å². The summed E-state index contributed by atoms with van der Waals surface area (Å²) in [4.78, 5) is 28.5. The number of hydrogen-bond donors (Lipinski definition) is 1. The number of sulfonamides is 1. The normalized spacial score (nSPS) is 23.6. The van der Waals surface area contributed by atoms with Crippen molar-refractivity contribution >= 4 is 50.8 Å². The number of rotatable bonds is 8. The van der Waals surface area contributed by atoms with Crippen LogP contribution in [-0.4, -0.2) is 48.9 Å². The van der Waals surface area contributed by atoms with E-state index in [0.717, 1.165) is 31.4 Å². The zero-order chi connectivity index (χ0) is 29.2. The molecule has 2 saturated heterocycles. The summed E-state index contributed by atoms with van der Waals surface area (Å²) < 4.78 is 38.2. The molecule has 2 saturated carbocycles. The van der Waals surface area contributed by atoms with E-state index in [1.54, 1.807) is 30.3 Å². The lowest BCUT2D eigenvalue weighted by Gasteiger charge is -2.40. The third-order valence-electron chi connectivity index (χ3n) is 8.66. The number of piperidine rings is 1. The largest absolute Gasteiger partial charge is 0.458 e. The van der Waals surface area contributed by atoms with Gasteiger partial charge < -0.3 is 14.2 Å². The lowest BCUT2D eigenvalue weighted by atomic mass is 9.98. The van der Waals surface area contributed by atoms with Crippen LogP contribution in [0.2, 0.25) is 10.0 Å². The van der Waals surface area contributed by atoms with Crippen LogP contribution in [0.3, 0.4) is 0 Å². The molecule has 2 bridgehead atoms. The van der Waals surface area contributed by atoms with Gasteiger partial charge in [-0.05, 0) is 74.9 Å². The first-order valence-corrected chi connectivity index (χ1v) is 16.6. The summed E-state index contributed by atoms with van der Waals surface area (Å²) in [5.74, 6) is -0.426. The fraction of sp³-hybridized carbons (Fsp3) is 0.433. The number of hydrogen-bond acceptors (Lipinski definition) is 8. The van der Waals surface area contributed by atoms with Crippen molar-refractivity contribution in [1.29, 1.82) is 0 Å². The molecule has 2 atom stereocenters. The average molecular weight is 631 g/mol. The van der Waals surface area contributed by atoms with Crippen molar-refractivity contribution in [3.8, 4) is 11.3 Å². The fourth-order valence-corrected chi connectivity index (χ4v) is 8.18. The minimum Gasteiger partial charge on any atom is -0.458 e. The number of carbonyl (C=O) groups is 2. The summed E-state index contributed by atoms with van der Waals surface area (Å²) >= 11 is 12.9. The Kier molecular flexibility index (Phi) is 6.98. The van der Waals surface area contributed by atoms with Gasteiger partial charge in [0.25, 0.3) is 5.91 Å². The van der Waals surface area contributed by atoms with Crippen LogP contribution in [0, 0.1) is 0 Å². The minimum absolute atomic E-state index is 0.131. The van der Waals surface area contributed by atoms with Crippen molar-refractivity contribution in [2.75, 3.05) is 4.90 Å². The number of benzene rings is 2. The van der Waals surface area contributed by atoms with Gasteiger partial charge in [0.15, 0.2) is 5.76 Å². The molecule has 42 heavy (non-hydrogen) atoms. The number of aromatic nitrogens is 1. The molecule has 1 aromatic heterocycles. The second kappa shape index (κ2) is 10.6. The predicted octanol–water partition coefficient (Wildman–Crippen LogP) is 6.10. The van der Waals surface area contributed by atoms with Gasteiger partial charge in [-0.25, -0.2) is 17.9 Å². The Morgan fingerprint density at radius 3 is 2.17 bits per heavy atom. The quantitative estimate of drug-likeness (QED) is 0.297. The summed E-state index contributed by atoms with van der Waals surface area (Å²) in [6.45, 7) is 0. The van der Waals surface area contributed by atoms with Gasteiger partial charge in [-0.3, -0.25) is 4.79 Å². The van der Waals surface area contributed by atoms with E-state index in [0.29, 0.717) is 63.9 Å². The Bertz CT molecular complexity index is 1630. The number of halogens is 2. The fourth-order valence-electron chi connectivity index (χ4n) is 6.31. The first-order valence-electron chi connectivity index (χ1n) is 14.3. The molecule has 220 valence electrons. The molecule has 2 unspecified atom stereocenters. The minimum atomic E-state index is -3.61. The second-order valence-corrected chi connectivity index (χ2v) is 14.4. The van der Waals surface area contributed by atoms with Gasteiger partial charge in [-0.1, -0.05) is 34.4 Å². The van der Waals surface area contributed by atoms with E-state index in [9.17, 15) is 18.0 Å². The van der Waals surface area contributed by atoms with Crippen molar-refractivity contribution < 1.29 is 27.3 Å². The number of nitrogens with one attached hydrogen (secondary N) is 1. The number of esters is 1. The first kappa shape index (κ1) is 27.7. The monoisotopic (exact) mass is 629 g/mol. The Labute approximate surface area is 253 Å². The lowest BCUT2D eigenvalue weighted by Crippen LogP contribution is -2.46. The summed E-state index contributed by atoms with van der Waals surface area (Å²) in [7, 11) is -3.61. The van der Waals surface area contributed by atoms with Crippen molar-refractivity contribution in [3.05, 3.63) is 69.4 Å². The van der Waals surface area contributed by atoms with Crippen LogP contribution in [0.25, 0.3) is 11.3 Å². The van der Waals surface area contributed by atoms with Crippen LogP contribution in [-0.2, 0) is 14.8 Å². The van der Waals surface area contributed by atoms with Crippen LogP contribution >= 0.6 is 23.2 Å². The zero-order valence-corrected chi connectivity index (χ0v) is 24.9. The highest BCUT2D eigenvalue weighted by molar-refractivity contribution is 7.91. The van der Waals surface area contributed by atoms with Crippen LogP contribution in [0.4, 0.5) is 5.69 Å². The molecule has 1 amide bonds. The van der Waals surface area contributed by atoms with E-state index in [2.05, 4.69) is 14.8 Å². The maximum atomic E-state index is 13.7. The van der Waals surface area contributed by atoms with E-state index in [1.165, 1.54) is 0 Å². The third kappa shape index (κ3) is 5.18. The zero-order valence-electron chi connectivity index (χ0n) is 22.6. The maximum Gasteiger partial charge on any atom is 0.344 e. The molecule has 7 rings (SSSR count). The van der Waals surface area contributed by atoms with E-state index < -0.39 is 27.1 Å². The molecule has 9 nitrogen and oxygen atoms in total. The molecule has 0 radical (unpaired) electrons. The molecule has 2 aliphatic carbocycles. The van der Waals surface area contributed by atoms with Crippen LogP contribution in [0.15, 0.2) is 47.0 Å². The molecule has 4 fully saturated rings. The topological polar surface area (TPSA) is 119 Å². The van der Waals surface area contributed by atoms with Gasteiger partial charge in [0.2, 0.25) is 10.0 Å². The maximum absolute atomic E-state index is 13.7. The standard InChI is InChI=1S/C30H29Cl2N3O6S/c31-23-2-1-3-24(32)25(23)27-26(28(41-33-27)16-4-5-16)30(37)40-21-14-19-10-11-20(15-21)35(19)18-8-6-17(7-9-18)29(36)34-42(38,39)22-12-13-22/h1-3,6-9,16,19-22H,4-5,10-15H2,(H,34,36). The molecular weight excluding hydrogens is 601 g/mol. The van der Waals surface area contributed by atoms with Gasteiger partial charge in [0.1, 0.15) is 17.4 Å². The summed E-state index contributed by atoms with van der Waals surface area (Å²) in [6, 6.07) is 12.5. The number of carbonyl (C=O) groups excluding carboxylic acids is 2. The van der Waals surface area contributed by atoms with Crippen LogP contribution in [0.1, 0.15) is 83.8 Å². The van der Waals surface area contributed by atoms with Crippen molar-refractivity contribution in [2.24, 2.45) is 0 Å². The van der Waals surface area contributed by atoms with Gasteiger partial charge >= 0.3 is 5.97 Å². The third-order valence-corrected chi connectivity index (χ3v) is 11.1. The van der Waals surface area contributed by atoms with Gasteiger partial charge in [-0.15, -0.1) is 0 Å². The number of nitrogens with zero attached hydrogens (tertiary/aromatic N) is 2. The van der Waals surface area contributed by atoms with Crippen molar-refractivity contribution in [3.63, 3.8) is 0 Å². The summed E-state index contributed by atoms with van der Waals surface area (Å²) in [5, 5.41) is 4.51. The Balaban J connectivity index is 1.06. The SMILES string of the molecule is O=C(NS(=O)(=O)C1CC1)c1ccc(N2C3CCC2CC(OC(=O)c2c(-c4c(Cl)cccc4Cl)noc2C2CC2)C3)cc1. The number of ether oxygens (including phenoxy) is 1. The van der Waals surface area contributed by atoms with Gasteiger partial charge in [-0.2, -0.15) is 0 Å². The molecule has 3 heterocycles. The summed E-state index contributed by atoms with van der Waals surface area (Å²) in [5.41, 5.74) is 2.33. The van der Waals surface area contributed by atoms with E-state index in [-0.39, 0.29) is 24.1 Å². The Morgan fingerprint density at radius 2 is 1.57 bits per heavy atom. The van der Waals surface area contributed by atoms with Crippen molar-refractivity contribution in [1.82, 2.24) is 9.88 Å². The highest BCUT2D eigenvalue weighted by atomic mass is 35.5. The van der Waals surface area contributed by atoms with Crippen molar-refractivity contribution in [2.45, 2.75) is 80.7 Å². The molecule has 4 aliphatic rings. The lowest BCUT2D eigenvalue weighted by molar-refractivity contribution is 0.0202. The molecule has 0 spiro atoms. The average Bonchev–Trinajstić information content (AvgIpc) is 3.89. The van der Waals surface area contributed by atoms with E-state index in [1.807, 2.05) is 12.1 Å². The number of amides is 1. The highest BCUT2D eigenvalue weighted by Gasteiger charge is 2.44. The van der Waals surface area contributed by atoms with E-state index >= 15 is 0 Å². The van der Waals surface area contributed by atoms with E-state index in [4.69, 9.17) is 32.5 Å². The van der Waals surface area contributed by atoms with Gasteiger partial charge in [0, 0.05) is 47.7 Å². The molecule has 2 aromatic carbocycles. The highest BCUT2D eigenvalue weighted by Crippen LogP contribution is 2.47. The second-order valence-electron chi connectivity index (χ2n) is 11.7. The Morgan fingerprint density at radius 1 is 0.929 bits per heavy atom. The predicted molar refractivity (Wildman–Crippen MR) is 158 cm³/mol. The number of anilines is 1. The van der Waals surface area contributed by atoms with Gasteiger partial charge in [0.05, 0.1) is 15.3 Å². The smallest absolute Gasteiger partial charge is 0.344 e. The first-order chi connectivity index (χ1) is 20.2. The molecule has 1 N–H and O–H groups in total. The molecular formula is C30H29Cl2N3O6S. The Hall–Kier alpha value is -3.08. The molecule has 3 aromatic rings.